The first kappa shape index (κ1) is 16.1. The zero-order valence-electron chi connectivity index (χ0n) is 14.3. The summed E-state index contributed by atoms with van der Waals surface area (Å²) in [5.41, 5.74) is 2.01. The van der Waals surface area contributed by atoms with Crippen molar-refractivity contribution in [2.75, 3.05) is 39.8 Å². The zero-order chi connectivity index (χ0) is 17.1. The van der Waals surface area contributed by atoms with Crippen molar-refractivity contribution < 1.29 is 18.9 Å². The van der Waals surface area contributed by atoms with Crippen LogP contribution >= 0.6 is 0 Å². The summed E-state index contributed by atoms with van der Waals surface area (Å²) in [6.07, 6.45) is 2.05. The molecule has 1 aliphatic rings. The van der Waals surface area contributed by atoms with Gasteiger partial charge in [0.05, 0.1) is 27.0 Å². The fourth-order valence-corrected chi connectivity index (χ4v) is 2.68. The number of ether oxygens (including phenoxy) is 4. The van der Waals surface area contributed by atoms with Crippen LogP contribution in [0, 0.1) is 0 Å². The molecule has 0 N–H and O–H groups in total. The van der Waals surface area contributed by atoms with Gasteiger partial charge in [-0.05, 0) is 36.4 Å². The molecule has 0 aliphatic carbocycles. The van der Waals surface area contributed by atoms with Gasteiger partial charge in [0.25, 0.3) is 0 Å². The highest BCUT2D eigenvalue weighted by Gasteiger charge is 2.21. The molecule has 1 aliphatic heterocycles. The molecule has 0 aromatic heterocycles. The largest absolute Gasteiger partial charge is 0.497 e. The van der Waals surface area contributed by atoms with E-state index in [1.165, 1.54) is 0 Å². The summed E-state index contributed by atoms with van der Waals surface area (Å²) in [5.74, 6) is 3.73. The topological polar surface area (TPSA) is 40.2 Å². The highest BCUT2D eigenvalue weighted by atomic mass is 16.5. The van der Waals surface area contributed by atoms with Gasteiger partial charge in [-0.1, -0.05) is 0 Å². The van der Waals surface area contributed by atoms with Gasteiger partial charge in [0.15, 0.2) is 11.5 Å². The van der Waals surface area contributed by atoms with E-state index in [-0.39, 0.29) is 0 Å². The Balaban J connectivity index is 1.96. The number of benzene rings is 2. The maximum Gasteiger partial charge on any atom is 0.162 e. The van der Waals surface area contributed by atoms with Crippen LogP contribution in [-0.2, 0) is 0 Å². The lowest BCUT2D eigenvalue weighted by atomic mass is 10.0. The fourth-order valence-electron chi connectivity index (χ4n) is 2.68. The van der Waals surface area contributed by atoms with Crippen LogP contribution in [0.3, 0.4) is 0 Å². The van der Waals surface area contributed by atoms with E-state index in [9.17, 15) is 0 Å². The molecule has 2 aromatic rings. The first-order valence-corrected chi connectivity index (χ1v) is 7.66. The second kappa shape index (κ2) is 6.74. The summed E-state index contributed by atoms with van der Waals surface area (Å²) in [6, 6.07) is 11.4. The van der Waals surface area contributed by atoms with Crippen LogP contribution in [-0.4, -0.2) is 34.9 Å². The Morgan fingerprint density at radius 3 is 2.08 bits per heavy atom. The van der Waals surface area contributed by atoms with Crippen molar-refractivity contribution >= 4 is 11.4 Å². The Morgan fingerprint density at radius 2 is 1.46 bits per heavy atom. The van der Waals surface area contributed by atoms with Crippen molar-refractivity contribution in [1.29, 1.82) is 0 Å². The lowest BCUT2D eigenvalue weighted by Gasteiger charge is -2.28. The maximum absolute atomic E-state index is 6.09. The smallest absolute Gasteiger partial charge is 0.162 e. The van der Waals surface area contributed by atoms with E-state index in [1.807, 2.05) is 43.4 Å². The van der Waals surface area contributed by atoms with Gasteiger partial charge in [-0.2, -0.15) is 0 Å². The molecule has 2 aromatic carbocycles. The molecule has 0 saturated heterocycles. The highest BCUT2D eigenvalue weighted by Crippen LogP contribution is 2.40. The number of rotatable bonds is 5. The number of anilines is 1. The van der Waals surface area contributed by atoms with E-state index in [4.69, 9.17) is 18.9 Å². The maximum atomic E-state index is 6.09. The van der Waals surface area contributed by atoms with Crippen molar-refractivity contribution in [1.82, 2.24) is 0 Å². The third-order valence-corrected chi connectivity index (χ3v) is 4.02. The van der Waals surface area contributed by atoms with Gasteiger partial charge < -0.3 is 23.8 Å². The first-order chi connectivity index (χ1) is 11.7. The Kier molecular flexibility index (Phi) is 4.51. The molecule has 0 saturated carbocycles. The summed E-state index contributed by atoms with van der Waals surface area (Å²) in [7, 11) is 6.94. The van der Waals surface area contributed by atoms with Gasteiger partial charge in [-0.15, -0.1) is 0 Å². The second-order valence-electron chi connectivity index (χ2n) is 5.45. The molecule has 5 nitrogen and oxygen atoms in total. The van der Waals surface area contributed by atoms with E-state index in [0.29, 0.717) is 11.5 Å². The summed E-state index contributed by atoms with van der Waals surface area (Å²) in [6.45, 7) is 0.758. The number of methoxy groups -OCH3 is 3. The summed E-state index contributed by atoms with van der Waals surface area (Å²) in [5, 5.41) is 0. The van der Waals surface area contributed by atoms with Crippen LogP contribution < -0.4 is 23.8 Å². The SMILES string of the molecule is COc1ccc(OC2=CCN(C)c3cc(OC)c(OC)cc32)cc1. The van der Waals surface area contributed by atoms with Crippen LogP contribution in [0.1, 0.15) is 5.56 Å². The Morgan fingerprint density at radius 1 is 0.833 bits per heavy atom. The Labute approximate surface area is 142 Å². The minimum Gasteiger partial charge on any atom is -0.497 e. The van der Waals surface area contributed by atoms with Crippen molar-refractivity contribution in [3.8, 4) is 23.0 Å². The van der Waals surface area contributed by atoms with Gasteiger partial charge >= 0.3 is 0 Å². The van der Waals surface area contributed by atoms with Crippen molar-refractivity contribution in [3.05, 3.63) is 48.0 Å². The summed E-state index contributed by atoms with van der Waals surface area (Å²) >= 11 is 0. The lowest BCUT2D eigenvalue weighted by Crippen LogP contribution is -2.23. The van der Waals surface area contributed by atoms with Crippen LogP contribution in [0.15, 0.2) is 42.5 Å². The monoisotopic (exact) mass is 327 g/mol. The van der Waals surface area contributed by atoms with E-state index in [1.54, 1.807) is 21.3 Å². The summed E-state index contributed by atoms with van der Waals surface area (Å²) < 4.78 is 22.1. The predicted molar refractivity (Wildman–Crippen MR) is 94.4 cm³/mol. The average molecular weight is 327 g/mol. The van der Waals surface area contributed by atoms with Gasteiger partial charge in [-0.25, -0.2) is 0 Å². The van der Waals surface area contributed by atoms with Gasteiger partial charge in [-0.3, -0.25) is 0 Å². The molecular formula is C19H21NO4. The molecular weight excluding hydrogens is 306 g/mol. The third kappa shape index (κ3) is 2.97. The molecule has 5 heteroatoms. The Hall–Kier alpha value is -2.82. The standard InChI is InChI=1S/C19H21NO4/c1-20-10-9-17(24-14-7-5-13(21-2)6-8-14)15-11-18(22-3)19(23-4)12-16(15)20/h5-9,11-12H,10H2,1-4H3. The molecule has 0 atom stereocenters. The highest BCUT2D eigenvalue weighted by molar-refractivity contribution is 5.80. The quantitative estimate of drug-likeness (QED) is 0.839. The third-order valence-electron chi connectivity index (χ3n) is 4.02. The molecule has 0 amide bonds. The normalized spacial score (nSPS) is 13.0. The predicted octanol–water partition coefficient (Wildman–Crippen LogP) is 3.58. The lowest BCUT2D eigenvalue weighted by molar-refractivity contribution is 0.354. The number of hydrogen-bond acceptors (Lipinski definition) is 5. The molecule has 0 bridgehead atoms. The molecule has 0 unspecified atom stereocenters. The number of fused-ring (bicyclic) bond motifs is 1. The van der Waals surface area contributed by atoms with Crippen LogP contribution in [0.4, 0.5) is 5.69 Å². The summed E-state index contributed by atoms with van der Waals surface area (Å²) in [4.78, 5) is 2.14. The van der Waals surface area contributed by atoms with Crippen LogP contribution in [0.5, 0.6) is 23.0 Å². The van der Waals surface area contributed by atoms with E-state index in [0.717, 1.165) is 35.1 Å². The van der Waals surface area contributed by atoms with E-state index in [2.05, 4.69) is 11.0 Å². The fraction of sp³-hybridized carbons (Fsp3) is 0.263. The first-order valence-electron chi connectivity index (χ1n) is 7.66. The van der Waals surface area contributed by atoms with Crippen LogP contribution in [0.25, 0.3) is 5.76 Å². The number of likely N-dealkylation sites (N-methyl/N-ethyl adjacent to an activating group) is 1. The van der Waals surface area contributed by atoms with Crippen molar-refractivity contribution in [3.63, 3.8) is 0 Å². The van der Waals surface area contributed by atoms with Crippen LogP contribution in [0.2, 0.25) is 0 Å². The molecule has 24 heavy (non-hydrogen) atoms. The van der Waals surface area contributed by atoms with Gasteiger partial charge in [0.1, 0.15) is 17.3 Å². The molecule has 126 valence electrons. The van der Waals surface area contributed by atoms with Gasteiger partial charge in [0, 0.05) is 25.2 Å². The van der Waals surface area contributed by atoms with Crippen molar-refractivity contribution in [2.24, 2.45) is 0 Å². The van der Waals surface area contributed by atoms with E-state index >= 15 is 0 Å². The second-order valence-corrected chi connectivity index (χ2v) is 5.45. The molecule has 0 radical (unpaired) electrons. The minimum atomic E-state index is 0.677. The Bertz CT molecular complexity index is 753. The molecule has 0 spiro atoms. The average Bonchev–Trinajstić information content (AvgIpc) is 2.63. The molecule has 0 fully saturated rings. The number of hydrogen-bond donors (Lipinski definition) is 0. The van der Waals surface area contributed by atoms with Crippen molar-refractivity contribution in [2.45, 2.75) is 0 Å². The molecule has 3 rings (SSSR count). The van der Waals surface area contributed by atoms with Gasteiger partial charge in [0.2, 0.25) is 0 Å². The number of nitrogens with zero attached hydrogens (tertiary/aromatic N) is 1. The molecule has 1 heterocycles. The zero-order valence-corrected chi connectivity index (χ0v) is 14.3. The van der Waals surface area contributed by atoms with E-state index < -0.39 is 0 Å². The minimum absolute atomic E-state index is 0.677.